The van der Waals surface area contributed by atoms with Gasteiger partial charge in [0.05, 0.1) is 12.1 Å². The van der Waals surface area contributed by atoms with Crippen molar-refractivity contribution >= 4 is 21.8 Å². The smallest absolute Gasteiger partial charge is 0.345 e. The highest BCUT2D eigenvalue weighted by Crippen LogP contribution is 2.35. The maximum absolute atomic E-state index is 12.8. The van der Waals surface area contributed by atoms with Crippen molar-refractivity contribution in [3.8, 4) is 0 Å². The molecule has 0 aliphatic rings. The van der Waals surface area contributed by atoms with E-state index in [0.29, 0.717) is 5.82 Å². The van der Waals surface area contributed by atoms with Crippen molar-refractivity contribution in [1.29, 1.82) is 0 Å². The first-order valence-corrected chi connectivity index (χ1v) is 6.69. The Labute approximate surface area is 127 Å². The SMILES string of the molecule is Cn1ccnc1CNC(=O)c1ccc(Br)c(C(F)(F)F)c1. The number of nitrogens with zero attached hydrogens (tertiary/aromatic N) is 2. The van der Waals surface area contributed by atoms with Crippen LogP contribution in [0.25, 0.3) is 0 Å². The summed E-state index contributed by atoms with van der Waals surface area (Å²) in [5, 5.41) is 2.54. The second-order valence-corrected chi connectivity index (χ2v) is 5.18. The zero-order valence-corrected chi connectivity index (χ0v) is 12.5. The molecule has 1 aromatic heterocycles. The van der Waals surface area contributed by atoms with Crippen LogP contribution in [0.2, 0.25) is 0 Å². The Bertz CT molecular complexity index is 667. The molecule has 1 amide bonds. The quantitative estimate of drug-likeness (QED) is 0.912. The van der Waals surface area contributed by atoms with Gasteiger partial charge >= 0.3 is 6.18 Å². The summed E-state index contributed by atoms with van der Waals surface area (Å²) in [4.78, 5) is 15.9. The van der Waals surface area contributed by atoms with E-state index >= 15 is 0 Å². The molecule has 1 heterocycles. The van der Waals surface area contributed by atoms with E-state index in [1.165, 1.54) is 12.1 Å². The first-order chi connectivity index (χ1) is 9.79. The summed E-state index contributed by atoms with van der Waals surface area (Å²) < 4.78 is 39.9. The largest absolute Gasteiger partial charge is 0.417 e. The van der Waals surface area contributed by atoms with Crippen LogP contribution in [0.1, 0.15) is 21.7 Å². The van der Waals surface area contributed by atoms with Crippen LogP contribution in [-0.4, -0.2) is 15.5 Å². The van der Waals surface area contributed by atoms with Gasteiger partial charge in [-0.25, -0.2) is 4.98 Å². The maximum Gasteiger partial charge on any atom is 0.417 e. The highest BCUT2D eigenvalue weighted by Gasteiger charge is 2.33. The zero-order valence-electron chi connectivity index (χ0n) is 10.9. The second-order valence-electron chi connectivity index (χ2n) is 4.33. The topological polar surface area (TPSA) is 46.9 Å². The van der Waals surface area contributed by atoms with Gasteiger partial charge in [0.1, 0.15) is 5.82 Å². The predicted octanol–water partition coefficient (Wildman–Crippen LogP) is 3.13. The van der Waals surface area contributed by atoms with Crippen LogP contribution >= 0.6 is 15.9 Å². The van der Waals surface area contributed by atoms with E-state index in [4.69, 9.17) is 0 Å². The molecular formula is C13H11BrF3N3O. The Morgan fingerprint density at radius 1 is 1.43 bits per heavy atom. The van der Waals surface area contributed by atoms with Crippen molar-refractivity contribution in [3.05, 3.63) is 52.0 Å². The lowest BCUT2D eigenvalue weighted by molar-refractivity contribution is -0.138. The number of benzene rings is 1. The summed E-state index contributed by atoms with van der Waals surface area (Å²) in [6, 6.07) is 3.35. The van der Waals surface area contributed by atoms with Crippen molar-refractivity contribution in [2.24, 2.45) is 7.05 Å². The van der Waals surface area contributed by atoms with Gasteiger partial charge in [-0.2, -0.15) is 13.2 Å². The molecule has 0 unspecified atom stereocenters. The van der Waals surface area contributed by atoms with E-state index in [-0.39, 0.29) is 16.6 Å². The van der Waals surface area contributed by atoms with E-state index in [1.807, 2.05) is 0 Å². The number of aryl methyl sites for hydroxylation is 1. The number of amides is 1. The average Bonchev–Trinajstić information content (AvgIpc) is 2.80. The number of aromatic nitrogens is 2. The van der Waals surface area contributed by atoms with Gasteiger partial charge in [0.2, 0.25) is 0 Å². The molecule has 2 rings (SSSR count). The van der Waals surface area contributed by atoms with Gasteiger partial charge in [-0.05, 0) is 18.2 Å². The first kappa shape index (κ1) is 15.6. The standard InChI is InChI=1S/C13H11BrF3N3O/c1-20-5-4-18-11(20)7-19-12(21)8-2-3-10(14)9(6-8)13(15,16)17/h2-6H,7H2,1H3,(H,19,21). The number of alkyl halides is 3. The Morgan fingerprint density at radius 3 is 2.71 bits per heavy atom. The normalized spacial score (nSPS) is 11.5. The lowest BCUT2D eigenvalue weighted by Crippen LogP contribution is -2.24. The summed E-state index contributed by atoms with van der Waals surface area (Å²) >= 11 is 2.83. The molecule has 1 aromatic carbocycles. The minimum Gasteiger partial charge on any atom is -0.345 e. The van der Waals surface area contributed by atoms with Crippen LogP contribution < -0.4 is 5.32 Å². The molecule has 112 valence electrons. The number of hydrogen-bond donors (Lipinski definition) is 1. The molecule has 21 heavy (non-hydrogen) atoms. The number of nitrogens with one attached hydrogen (secondary N) is 1. The van der Waals surface area contributed by atoms with Gasteiger partial charge in [-0.3, -0.25) is 4.79 Å². The molecule has 0 saturated heterocycles. The van der Waals surface area contributed by atoms with Gasteiger partial charge in [0.25, 0.3) is 5.91 Å². The van der Waals surface area contributed by atoms with Crippen LogP contribution in [0.15, 0.2) is 35.1 Å². The predicted molar refractivity (Wildman–Crippen MR) is 73.5 cm³/mol. The molecular weight excluding hydrogens is 351 g/mol. The van der Waals surface area contributed by atoms with E-state index in [1.54, 1.807) is 24.0 Å². The van der Waals surface area contributed by atoms with Gasteiger partial charge in [-0.15, -0.1) is 0 Å². The third-order valence-corrected chi connectivity index (χ3v) is 3.55. The van der Waals surface area contributed by atoms with Crippen LogP contribution in [0.4, 0.5) is 13.2 Å². The molecule has 1 N–H and O–H groups in total. The monoisotopic (exact) mass is 361 g/mol. The first-order valence-electron chi connectivity index (χ1n) is 5.90. The molecule has 0 radical (unpaired) electrons. The van der Waals surface area contributed by atoms with Crippen molar-refractivity contribution in [3.63, 3.8) is 0 Å². The summed E-state index contributed by atoms with van der Waals surface area (Å²) in [6.45, 7) is 0.139. The van der Waals surface area contributed by atoms with Crippen LogP contribution in [0, 0.1) is 0 Å². The Hall–Kier alpha value is -1.83. The Balaban J connectivity index is 2.15. The highest BCUT2D eigenvalue weighted by molar-refractivity contribution is 9.10. The number of carbonyl (C=O) groups excluding carboxylic acids is 1. The van der Waals surface area contributed by atoms with E-state index < -0.39 is 17.6 Å². The van der Waals surface area contributed by atoms with E-state index in [2.05, 4.69) is 26.2 Å². The molecule has 2 aromatic rings. The number of imidazole rings is 1. The highest BCUT2D eigenvalue weighted by atomic mass is 79.9. The van der Waals surface area contributed by atoms with Crippen molar-refractivity contribution in [2.75, 3.05) is 0 Å². The van der Waals surface area contributed by atoms with E-state index in [9.17, 15) is 18.0 Å². The Morgan fingerprint density at radius 2 is 2.14 bits per heavy atom. The van der Waals surface area contributed by atoms with Crippen molar-refractivity contribution in [1.82, 2.24) is 14.9 Å². The Kier molecular flexibility index (Phi) is 4.36. The number of hydrogen-bond acceptors (Lipinski definition) is 2. The third-order valence-electron chi connectivity index (χ3n) is 2.86. The molecule has 0 aliphatic carbocycles. The van der Waals surface area contributed by atoms with Crippen LogP contribution in [0.5, 0.6) is 0 Å². The van der Waals surface area contributed by atoms with Crippen LogP contribution in [0.3, 0.4) is 0 Å². The molecule has 0 saturated carbocycles. The number of halogens is 4. The fourth-order valence-corrected chi connectivity index (χ4v) is 2.18. The van der Waals surface area contributed by atoms with Crippen LogP contribution in [-0.2, 0) is 19.8 Å². The molecule has 8 heteroatoms. The minimum atomic E-state index is -4.52. The summed E-state index contributed by atoms with van der Waals surface area (Å²) in [5.41, 5.74) is -0.938. The van der Waals surface area contributed by atoms with Gasteiger partial charge in [0.15, 0.2) is 0 Å². The molecule has 0 spiro atoms. The zero-order chi connectivity index (χ0) is 15.6. The molecule has 0 aliphatic heterocycles. The third kappa shape index (κ3) is 3.63. The van der Waals surface area contributed by atoms with Gasteiger partial charge < -0.3 is 9.88 Å². The van der Waals surface area contributed by atoms with Gasteiger partial charge in [0, 0.05) is 29.5 Å². The lowest BCUT2D eigenvalue weighted by atomic mass is 10.1. The molecule has 0 atom stereocenters. The maximum atomic E-state index is 12.8. The molecule has 0 bridgehead atoms. The van der Waals surface area contributed by atoms with E-state index in [0.717, 1.165) is 6.07 Å². The number of rotatable bonds is 3. The fraction of sp³-hybridized carbons (Fsp3) is 0.231. The lowest BCUT2D eigenvalue weighted by Gasteiger charge is -2.11. The number of carbonyl (C=O) groups is 1. The molecule has 4 nitrogen and oxygen atoms in total. The summed E-state index contributed by atoms with van der Waals surface area (Å²) in [7, 11) is 1.76. The van der Waals surface area contributed by atoms with Crippen molar-refractivity contribution in [2.45, 2.75) is 12.7 Å². The van der Waals surface area contributed by atoms with Gasteiger partial charge in [-0.1, -0.05) is 15.9 Å². The fourth-order valence-electron chi connectivity index (χ4n) is 1.71. The minimum absolute atomic E-state index is 0.0558. The summed E-state index contributed by atoms with van der Waals surface area (Å²) in [5.74, 6) is 0.0208. The second kappa shape index (κ2) is 5.88. The van der Waals surface area contributed by atoms with Crippen molar-refractivity contribution < 1.29 is 18.0 Å². The molecule has 0 fully saturated rings. The summed E-state index contributed by atoms with van der Waals surface area (Å²) in [6.07, 6.45) is -1.24. The average molecular weight is 362 g/mol.